The van der Waals surface area contributed by atoms with Crippen molar-refractivity contribution >= 4 is 28.7 Å². The lowest BCUT2D eigenvalue weighted by Gasteiger charge is -2.18. The first kappa shape index (κ1) is 25.4. The molecule has 1 saturated heterocycles. The summed E-state index contributed by atoms with van der Waals surface area (Å²) in [5.41, 5.74) is 2.58. The molecule has 9 heteroatoms. The number of hydrogen-bond donors (Lipinski definition) is 2. The maximum Gasteiger partial charge on any atom is 0.274 e. The van der Waals surface area contributed by atoms with Gasteiger partial charge < -0.3 is 18.8 Å². The van der Waals surface area contributed by atoms with Gasteiger partial charge in [0.2, 0.25) is 5.88 Å². The average molecular weight is 494 g/mol. The van der Waals surface area contributed by atoms with Crippen molar-refractivity contribution in [1.29, 1.82) is 0 Å². The third-order valence-electron chi connectivity index (χ3n) is 5.97. The van der Waals surface area contributed by atoms with E-state index in [0.717, 1.165) is 25.0 Å². The van der Waals surface area contributed by atoms with E-state index in [1.165, 1.54) is 36.0 Å². The molecule has 190 valence electrons. The number of carbonyl (C=O) groups excluding carboxylic acids is 2. The largest absolute Gasteiger partial charge is 0.492 e. The number of para-hydroxylation sites is 1. The fraction of sp³-hybridized carbons (Fsp3) is 0.333. The summed E-state index contributed by atoms with van der Waals surface area (Å²) >= 11 is 0. The van der Waals surface area contributed by atoms with Crippen molar-refractivity contribution in [2.75, 3.05) is 50.9 Å². The first-order chi connectivity index (χ1) is 17.6. The highest BCUT2D eigenvalue weighted by atomic mass is 16.5. The second-order valence-corrected chi connectivity index (χ2v) is 8.45. The Morgan fingerprint density at radius 3 is 2.61 bits per heavy atom. The summed E-state index contributed by atoms with van der Waals surface area (Å²) in [6.45, 7) is 4.63. The molecule has 0 saturated carbocycles. The van der Waals surface area contributed by atoms with Gasteiger partial charge in [0.05, 0.1) is 19.8 Å². The fourth-order valence-corrected chi connectivity index (χ4v) is 4.04. The molecule has 9 nitrogen and oxygen atoms in total. The molecule has 0 radical (unpaired) electrons. The molecule has 1 aliphatic heterocycles. The first-order valence-electron chi connectivity index (χ1n) is 12.1. The van der Waals surface area contributed by atoms with Crippen molar-refractivity contribution in [3.05, 3.63) is 72.3 Å². The monoisotopic (exact) mass is 493 g/mol. The van der Waals surface area contributed by atoms with Crippen LogP contribution in [0, 0.1) is 0 Å². The maximum atomic E-state index is 13.0. The number of ether oxygens (including phenoxy) is 2. The zero-order valence-electron chi connectivity index (χ0n) is 20.1. The standard InChI is InChI=1S/C27H31N3O6/c31-25(8-5-17-34-18-15-29-13-3-4-14-29)30(26-20-22-6-1-2-7-24(22)36-26)16-19-35-23-11-9-21(10-12-23)27(32)28-33/h1-2,5-12,20,33H,3-4,13-19H2,(H,28,32). The molecule has 0 atom stereocenters. The highest BCUT2D eigenvalue weighted by Gasteiger charge is 2.18. The molecule has 1 aromatic heterocycles. The van der Waals surface area contributed by atoms with Crippen LogP contribution in [0.5, 0.6) is 5.75 Å². The SMILES string of the molecule is O=C(NO)c1ccc(OCCN(C(=O)C=CCOCCN2CCCC2)c2cc3ccccc3o2)cc1. The lowest BCUT2D eigenvalue weighted by molar-refractivity contribution is -0.114. The number of hydroxylamine groups is 1. The second-order valence-electron chi connectivity index (χ2n) is 8.45. The van der Waals surface area contributed by atoms with Gasteiger partial charge in [-0.15, -0.1) is 0 Å². The van der Waals surface area contributed by atoms with Gasteiger partial charge in [0.25, 0.3) is 11.8 Å². The van der Waals surface area contributed by atoms with E-state index in [1.54, 1.807) is 23.7 Å². The molecular formula is C27H31N3O6. The molecule has 2 amide bonds. The van der Waals surface area contributed by atoms with Crippen molar-refractivity contribution in [2.45, 2.75) is 12.8 Å². The van der Waals surface area contributed by atoms with Crippen molar-refractivity contribution in [3.8, 4) is 5.75 Å². The van der Waals surface area contributed by atoms with Gasteiger partial charge >= 0.3 is 0 Å². The number of fused-ring (bicyclic) bond motifs is 1. The molecule has 36 heavy (non-hydrogen) atoms. The van der Waals surface area contributed by atoms with E-state index >= 15 is 0 Å². The minimum Gasteiger partial charge on any atom is -0.492 e. The topological polar surface area (TPSA) is 104 Å². The van der Waals surface area contributed by atoms with Crippen LogP contribution in [0.3, 0.4) is 0 Å². The molecule has 1 aliphatic rings. The predicted molar refractivity (Wildman–Crippen MR) is 135 cm³/mol. The van der Waals surface area contributed by atoms with Crippen LogP contribution in [0.25, 0.3) is 11.0 Å². The van der Waals surface area contributed by atoms with E-state index < -0.39 is 5.91 Å². The van der Waals surface area contributed by atoms with E-state index in [4.69, 9.17) is 19.1 Å². The highest BCUT2D eigenvalue weighted by molar-refractivity contribution is 6.01. The van der Waals surface area contributed by atoms with Gasteiger partial charge in [0.1, 0.15) is 17.9 Å². The van der Waals surface area contributed by atoms with Gasteiger partial charge in [-0.3, -0.25) is 19.7 Å². The average Bonchev–Trinajstić information content (AvgIpc) is 3.58. The zero-order valence-corrected chi connectivity index (χ0v) is 20.1. The number of furan rings is 1. The molecule has 0 bridgehead atoms. The Balaban J connectivity index is 1.34. The Morgan fingerprint density at radius 1 is 1.08 bits per heavy atom. The number of anilines is 1. The summed E-state index contributed by atoms with van der Waals surface area (Å²) in [6, 6.07) is 15.7. The second kappa shape index (κ2) is 12.9. The smallest absolute Gasteiger partial charge is 0.274 e. The number of rotatable bonds is 12. The van der Waals surface area contributed by atoms with Crippen LogP contribution in [0.1, 0.15) is 23.2 Å². The lowest BCUT2D eigenvalue weighted by Crippen LogP contribution is -2.33. The summed E-state index contributed by atoms with van der Waals surface area (Å²) in [4.78, 5) is 28.4. The number of benzene rings is 2. The minimum absolute atomic E-state index is 0.203. The molecule has 4 rings (SSSR count). The Bertz CT molecular complexity index is 1130. The Kier molecular flexibility index (Phi) is 9.09. The molecular weight excluding hydrogens is 462 g/mol. The van der Waals surface area contributed by atoms with E-state index in [1.807, 2.05) is 30.3 Å². The lowest BCUT2D eigenvalue weighted by atomic mass is 10.2. The van der Waals surface area contributed by atoms with Crippen molar-refractivity contribution < 1.29 is 28.7 Å². The summed E-state index contributed by atoms with van der Waals surface area (Å²) in [7, 11) is 0. The van der Waals surface area contributed by atoms with E-state index in [-0.39, 0.29) is 19.1 Å². The first-order valence-corrected chi connectivity index (χ1v) is 12.1. The van der Waals surface area contributed by atoms with Crippen LogP contribution in [-0.2, 0) is 9.53 Å². The normalized spacial score (nSPS) is 13.9. The van der Waals surface area contributed by atoms with Crippen LogP contribution in [0.15, 0.2) is 71.2 Å². The van der Waals surface area contributed by atoms with E-state index in [2.05, 4.69) is 4.90 Å². The van der Waals surface area contributed by atoms with Crippen LogP contribution >= 0.6 is 0 Å². The van der Waals surface area contributed by atoms with Crippen LogP contribution in [0.2, 0.25) is 0 Å². The van der Waals surface area contributed by atoms with Gasteiger partial charge in [0, 0.05) is 29.6 Å². The zero-order chi connectivity index (χ0) is 25.2. The Morgan fingerprint density at radius 2 is 1.86 bits per heavy atom. The van der Waals surface area contributed by atoms with Gasteiger partial charge in [-0.25, -0.2) is 5.48 Å². The molecule has 0 spiro atoms. The van der Waals surface area contributed by atoms with Crippen LogP contribution < -0.4 is 15.1 Å². The van der Waals surface area contributed by atoms with E-state index in [9.17, 15) is 9.59 Å². The molecule has 2 N–H and O–H groups in total. The van der Waals surface area contributed by atoms with Gasteiger partial charge in [-0.05, 0) is 56.3 Å². The predicted octanol–water partition coefficient (Wildman–Crippen LogP) is 3.63. The van der Waals surface area contributed by atoms with Crippen LogP contribution in [0.4, 0.5) is 5.88 Å². The number of carbonyl (C=O) groups is 2. The molecule has 3 aromatic rings. The maximum absolute atomic E-state index is 13.0. The third kappa shape index (κ3) is 6.94. The molecule has 0 aliphatic carbocycles. The quantitative estimate of drug-likeness (QED) is 0.172. The van der Waals surface area contributed by atoms with Crippen molar-refractivity contribution in [3.63, 3.8) is 0 Å². The summed E-state index contributed by atoms with van der Waals surface area (Å²) in [6.07, 6.45) is 5.71. The minimum atomic E-state index is -0.602. The Hall–Kier alpha value is -3.66. The number of amides is 2. The van der Waals surface area contributed by atoms with Crippen molar-refractivity contribution in [1.82, 2.24) is 10.4 Å². The number of likely N-dealkylation sites (tertiary alicyclic amines) is 1. The molecule has 1 fully saturated rings. The third-order valence-corrected chi connectivity index (χ3v) is 5.97. The fourth-order valence-electron chi connectivity index (χ4n) is 4.04. The van der Waals surface area contributed by atoms with Crippen LogP contribution in [-0.4, -0.2) is 67.9 Å². The summed E-state index contributed by atoms with van der Waals surface area (Å²) < 4.78 is 17.4. The highest BCUT2D eigenvalue weighted by Crippen LogP contribution is 2.26. The van der Waals surface area contributed by atoms with Gasteiger partial charge in [-0.2, -0.15) is 0 Å². The Labute approximate surface area is 209 Å². The van der Waals surface area contributed by atoms with Gasteiger partial charge in [0.15, 0.2) is 0 Å². The van der Waals surface area contributed by atoms with E-state index in [0.29, 0.717) is 36.0 Å². The van der Waals surface area contributed by atoms with Gasteiger partial charge in [-0.1, -0.05) is 24.3 Å². The molecule has 2 heterocycles. The van der Waals surface area contributed by atoms with Crippen molar-refractivity contribution in [2.24, 2.45) is 0 Å². The summed E-state index contributed by atoms with van der Waals surface area (Å²) in [5.74, 6) is 0.119. The molecule has 0 unspecified atom stereocenters. The number of nitrogens with one attached hydrogen (secondary N) is 1. The molecule has 2 aromatic carbocycles. The summed E-state index contributed by atoms with van der Waals surface area (Å²) in [5, 5.41) is 9.63. The number of hydrogen-bond acceptors (Lipinski definition) is 7. The number of nitrogens with zero attached hydrogens (tertiary/aromatic N) is 2.